The van der Waals surface area contributed by atoms with Gasteiger partial charge in [-0.3, -0.25) is 0 Å². The van der Waals surface area contributed by atoms with E-state index in [2.05, 4.69) is 0 Å². The fourth-order valence-corrected chi connectivity index (χ4v) is 10.6. The molecule has 0 aromatic rings. The second-order valence-corrected chi connectivity index (χ2v) is 10.9. The van der Waals surface area contributed by atoms with Crippen LogP contribution in [-0.4, -0.2) is 32.4 Å². The molecule has 18 heavy (non-hydrogen) atoms. The molecule has 0 aromatic carbocycles. The Morgan fingerprint density at radius 2 is 1.56 bits per heavy atom. The summed E-state index contributed by atoms with van der Waals surface area (Å²) in [5, 5.41) is 0. The number of hydrogen-bond acceptors (Lipinski definition) is 4. The second-order valence-electron chi connectivity index (χ2n) is 6.07. The third kappa shape index (κ3) is 1.12. The van der Waals surface area contributed by atoms with Gasteiger partial charge < -0.3 is 0 Å². The topological polar surface area (TPSA) is 68.3 Å². The van der Waals surface area contributed by atoms with E-state index in [0.29, 0.717) is 0 Å². The molecule has 2 bridgehead atoms. The highest BCUT2D eigenvalue weighted by Gasteiger charge is 2.74. The van der Waals surface area contributed by atoms with Crippen molar-refractivity contribution in [2.75, 3.05) is 6.26 Å². The van der Waals surface area contributed by atoms with Gasteiger partial charge in [-0.15, -0.1) is 0 Å². The molecule has 0 amide bonds. The maximum atomic E-state index is 12.7. The van der Waals surface area contributed by atoms with Crippen molar-refractivity contribution in [3.8, 4) is 0 Å². The molecule has 2 aliphatic rings. The minimum Gasteiger partial charge on any atom is -0.228 e. The summed E-state index contributed by atoms with van der Waals surface area (Å²) >= 11 is 0. The monoisotopic (exact) mass is 292 g/mol. The minimum absolute atomic E-state index is 0.213. The van der Waals surface area contributed by atoms with Crippen molar-refractivity contribution in [3.63, 3.8) is 0 Å². The van der Waals surface area contributed by atoms with Crippen LogP contribution in [0.1, 0.15) is 34.6 Å². The van der Waals surface area contributed by atoms with Crippen molar-refractivity contribution < 1.29 is 16.8 Å². The highest BCUT2D eigenvalue weighted by atomic mass is 32.3. The zero-order valence-electron chi connectivity index (χ0n) is 11.6. The Hall–Kier alpha value is -0.360. The van der Waals surface area contributed by atoms with Crippen molar-refractivity contribution in [3.05, 3.63) is 11.1 Å². The van der Waals surface area contributed by atoms with E-state index < -0.39 is 34.4 Å². The lowest BCUT2D eigenvalue weighted by atomic mass is 9.76. The van der Waals surface area contributed by atoms with Gasteiger partial charge in [0.1, 0.15) is 0 Å². The number of sulfone groups is 2. The maximum Gasteiger partial charge on any atom is 0.177 e. The summed E-state index contributed by atoms with van der Waals surface area (Å²) in [4.78, 5) is 0. The molecule has 0 N–H and O–H groups in total. The van der Waals surface area contributed by atoms with E-state index in [4.69, 9.17) is 0 Å². The lowest BCUT2D eigenvalue weighted by molar-refractivity contribution is 0.300. The van der Waals surface area contributed by atoms with Gasteiger partial charge in [0.2, 0.25) is 0 Å². The summed E-state index contributed by atoms with van der Waals surface area (Å²) in [6, 6.07) is 0. The molecule has 0 saturated carbocycles. The Morgan fingerprint density at radius 1 is 1.11 bits per heavy atom. The molecule has 0 aromatic heterocycles. The molecule has 1 aliphatic carbocycles. The molecule has 1 fully saturated rings. The molecule has 4 nitrogen and oxygen atoms in total. The second kappa shape index (κ2) is 3.20. The van der Waals surface area contributed by atoms with Crippen molar-refractivity contribution in [2.24, 2.45) is 11.3 Å². The van der Waals surface area contributed by atoms with Crippen LogP contribution in [-0.2, 0) is 19.7 Å². The minimum atomic E-state index is -3.72. The van der Waals surface area contributed by atoms with Gasteiger partial charge in [-0.1, -0.05) is 25.0 Å². The van der Waals surface area contributed by atoms with Gasteiger partial charge in [0.15, 0.2) is 24.3 Å². The third-order valence-corrected chi connectivity index (χ3v) is 11.6. The van der Waals surface area contributed by atoms with Crippen LogP contribution in [0.4, 0.5) is 0 Å². The van der Waals surface area contributed by atoms with Crippen molar-refractivity contribution >= 4 is 19.7 Å². The van der Waals surface area contributed by atoms with E-state index in [1.165, 1.54) is 0 Å². The normalized spacial score (nSPS) is 46.8. The first kappa shape index (κ1) is 14.1. The van der Waals surface area contributed by atoms with E-state index in [-0.39, 0.29) is 5.92 Å². The molecular weight excluding hydrogens is 272 g/mol. The van der Waals surface area contributed by atoms with Crippen LogP contribution in [0.2, 0.25) is 0 Å². The Morgan fingerprint density at radius 3 is 1.89 bits per heavy atom. The predicted octanol–water partition coefficient (Wildman–Crippen LogP) is 1.54. The van der Waals surface area contributed by atoms with Gasteiger partial charge in [-0.2, -0.15) is 0 Å². The average molecular weight is 292 g/mol. The van der Waals surface area contributed by atoms with E-state index in [9.17, 15) is 16.8 Å². The highest BCUT2D eigenvalue weighted by Crippen LogP contribution is 2.66. The first-order valence-electron chi connectivity index (χ1n) is 5.94. The van der Waals surface area contributed by atoms with Crippen LogP contribution >= 0.6 is 0 Å². The molecule has 0 spiro atoms. The Balaban J connectivity index is 2.95. The third-order valence-electron chi connectivity index (χ3n) is 5.59. The number of rotatable bonds is 1. The van der Waals surface area contributed by atoms with Crippen LogP contribution < -0.4 is 0 Å². The molecule has 104 valence electrons. The molecule has 0 radical (unpaired) electrons. The van der Waals surface area contributed by atoms with Crippen molar-refractivity contribution in [1.82, 2.24) is 0 Å². The van der Waals surface area contributed by atoms with Gasteiger partial charge in [0.05, 0.1) is 4.75 Å². The summed E-state index contributed by atoms with van der Waals surface area (Å²) in [5.41, 5.74) is 0.936. The largest absolute Gasteiger partial charge is 0.228 e. The summed E-state index contributed by atoms with van der Waals surface area (Å²) in [7, 11) is -7.37. The molecule has 1 unspecified atom stereocenters. The zero-order valence-corrected chi connectivity index (χ0v) is 13.2. The molecule has 6 heteroatoms. The van der Waals surface area contributed by atoms with Gasteiger partial charge in [-0.25, -0.2) is 16.8 Å². The Bertz CT molecular complexity index is 656. The fourth-order valence-electron chi connectivity index (χ4n) is 4.06. The molecule has 4 atom stereocenters. The van der Waals surface area contributed by atoms with Crippen molar-refractivity contribution in [1.29, 1.82) is 0 Å². The lowest BCUT2D eigenvalue weighted by Crippen LogP contribution is -2.45. The van der Waals surface area contributed by atoms with Gasteiger partial charge in [-0.05, 0) is 26.7 Å². The van der Waals surface area contributed by atoms with E-state index >= 15 is 0 Å². The molecule has 1 saturated heterocycles. The summed E-state index contributed by atoms with van der Waals surface area (Å²) < 4.78 is 47.0. The summed E-state index contributed by atoms with van der Waals surface area (Å²) in [6.45, 7) is 8.97. The quantitative estimate of drug-likeness (QED) is 0.687. The zero-order chi connectivity index (χ0) is 14.3. The fraction of sp³-hybridized carbons (Fsp3) is 0.833. The average Bonchev–Trinajstić information content (AvgIpc) is 2.39. The van der Waals surface area contributed by atoms with Gasteiger partial charge in [0, 0.05) is 11.7 Å². The number of allylic oxidation sites excluding steroid dienone is 1. The lowest BCUT2D eigenvalue weighted by Gasteiger charge is -2.33. The van der Waals surface area contributed by atoms with Gasteiger partial charge in [0.25, 0.3) is 0 Å². The van der Waals surface area contributed by atoms with E-state index in [0.717, 1.165) is 17.4 Å². The van der Waals surface area contributed by atoms with Crippen LogP contribution in [0.25, 0.3) is 0 Å². The van der Waals surface area contributed by atoms with Crippen LogP contribution in [0.3, 0.4) is 0 Å². The molecular formula is C12H20O4S2. The molecule has 2 rings (SSSR count). The van der Waals surface area contributed by atoms with E-state index in [1.54, 1.807) is 13.8 Å². The first-order chi connectivity index (χ1) is 7.84. The highest BCUT2D eigenvalue weighted by molar-refractivity contribution is 8.09. The first-order valence-corrected chi connectivity index (χ1v) is 9.44. The molecule has 1 aliphatic heterocycles. The number of fused-ring (bicyclic) bond motifs is 2. The van der Waals surface area contributed by atoms with Crippen LogP contribution in [0.15, 0.2) is 11.1 Å². The smallest absolute Gasteiger partial charge is 0.177 e. The SMILES string of the molecule is CC1=C(C)[C@]2(C)C(C)[C@@]1(C)S(=O)(=O)[C@@H]2S(C)(=O)=O. The van der Waals surface area contributed by atoms with Crippen LogP contribution in [0, 0.1) is 11.3 Å². The Labute approximate surface area is 109 Å². The maximum absolute atomic E-state index is 12.7. The summed E-state index contributed by atoms with van der Waals surface area (Å²) in [5.74, 6) is -0.213. The van der Waals surface area contributed by atoms with Crippen molar-refractivity contribution in [2.45, 2.75) is 43.9 Å². The Kier molecular flexibility index (Phi) is 2.50. The molecule has 1 heterocycles. The van der Waals surface area contributed by atoms with E-state index in [1.807, 2.05) is 20.8 Å². The standard InChI is InChI=1S/C12H20O4S2/c1-7-8(2)12(5)9(3)11(7,4)10(17(6,13)14)18(12,15)16/h9-10H,1-6H3/t9?,10-,11+,12-/m0/s1. The predicted molar refractivity (Wildman–Crippen MR) is 71.6 cm³/mol. The summed E-state index contributed by atoms with van der Waals surface area (Å²) in [6.07, 6.45) is 1.03. The van der Waals surface area contributed by atoms with Gasteiger partial charge >= 0.3 is 0 Å². The number of hydrogen-bond donors (Lipinski definition) is 0. The van der Waals surface area contributed by atoms with Crippen LogP contribution in [0.5, 0.6) is 0 Å².